The van der Waals surface area contributed by atoms with Gasteiger partial charge in [0.1, 0.15) is 11.2 Å². The van der Waals surface area contributed by atoms with E-state index < -0.39 is 0 Å². The zero-order valence-electron chi connectivity index (χ0n) is 10.5. The predicted molar refractivity (Wildman–Crippen MR) is 69.3 cm³/mol. The number of hydrogen-bond donors (Lipinski definition) is 1. The highest BCUT2D eigenvalue weighted by molar-refractivity contribution is 7.17. The SMILES string of the molecule is Cc1sc2cncn2c1C(O)C1CC(C)(C)C1. The minimum absolute atomic E-state index is 0.342. The Morgan fingerprint density at radius 1 is 1.53 bits per heavy atom. The molecule has 0 aliphatic heterocycles. The largest absolute Gasteiger partial charge is 0.387 e. The summed E-state index contributed by atoms with van der Waals surface area (Å²) in [6.07, 6.45) is 5.55. The fourth-order valence-electron chi connectivity index (χ4n) is 3.08. The number of thiazole rings is 1. The van der Waals surface area contributed by atoms with Gasteiger partial charge in [0.15, 0.2) is 0 Å². The molecule has 1 aliphatic rings. The van der Waals surface area contributed by atoms with Crippen molar-refractivity contribution in [1.29, 1.82) is 0 Å². The summed E-state index contributed by atoms with van der Waals surface area (Å²) in [5.41, 5.74) is 1.45. The van der Waals surface area contributed by atoms with Crippen molar-refractivity contribution in [2.45, 2.75) is 39.7 Å². The molecule has 0 aromatic carbocycles. The number of aliphatic hydroxyl groups is 1. The molecule has 3 rings (SSSR count). The summed E-state index contributed by atoms with van der Waals surface area (Å²) in [5, 5.41) is 10.5. The third kappa shape index (κ3) is 1.70. The lowest BCUT2D eigenvalue weighted by Crippen LogP contribution is -2.35. The molecule has 0 amide bonds. The summed E-state index contributed by atoms with van der Waals surface area (Å²) in [6.45, 7) is 6.62. The van der Waals surface area contributed by atoms with Crippen LogP contribution in [-0.2, 0) is 0 Å². The van der Waals surface area contributed by atoms with Gasteiger partial charge in [0.2, 0.25) is 0 Å². The van der Waals surface area contributed by atoms with Crippen molar-refractivity contribution in [3.05, 3.63) is 23.1 Å². The van der Waals surface area contributed by atoms with Crippen molar-refractivity contribution in [3.8, 4) is 0 Å². The lowest BCUT2D eigenvalue weighted by atomic mass is 9.62. The van der Waals surface area contributed by atoms with Crippen LogP contribution in [0.1, 0.15) is 43.4 Å². The molecule has 2 aromatic heterocycles. The monoisotopic (exact) mass is 250 g/mol. The van der Waals surface area contributed by atoms with Crippen LogP contribution in [0.3, 0.4) is 0 Å². The van der Waals surface area contributed by atoms with E-state index in [1.807, 2.05) is 10.6 Å². The Labute approximate surface area is 105 Å². The molecule has 2 aromatic rings. The van der Waals surface area contributed by atoms with E-state index in [2.05, 4.69) is 25.8 Å². The second-order valence-electron chi connectivity index (χ2n) is 5.92. The van der Waals surface area contributed by atoms with Gasteiger partial charge >= 0.3 is 0 Å². The maximum Gasteiger partial charge on any atom is 0.120 e. The molecule has 1 unspecified atom stereocenters. The first kappa shape index (κ1) is 11.2. The average Bonchev–Trinajstić information content (AvgIpc) is 2.72. The summed E-state index contributed by atoms with van der Waals surface area (Å²) >= 11 is 1.71. The van der Waals surface area contributed by atoms with Gasteiger partial charge in [-0.25, -0.2) is 4.98 Å². The minimum Gasteiger partial charge on any atom is -0.387 e. The standard InChI is InChI=1S/C13H18N2OS/c1-8-11(15-7-14-6-10(15)17-8)12(16)9-4-13(2,3)5-9/h6-7,9,12,16H,4-5H2,1-3H3. The van der Waals surface area contributed by atoms with E-state index in [4.69, 9.17) is 0 Å². The lowest BCUT2D eigenvalue weighted by Gasteiger charge is -2.44. The van der Waals surface area contributed by atoms with Gasteiger partial charge in [-0.15, -0.1) is 11.3 Å². The smallest absolute Gasteiger partial charge is 0.120 e. The van der Waals surface area contributed by atoms with Gasteiger partial charge in [-0.2, -0.15) is 0 Å². The third-order valence-corrected chi connectivity index (χ3v) is 4.87. The average molecular weight is 250 g/mol. The summed E-state index contributed by atoms with van der Waals surface area (Å²) < 4.78 is 2.04. The van der Waals surface area contributed by atoms with E-state index in [0.717, 1.165) is 23.4 Å². The Morgan fingerprint density at radius 3 is 2.88 bits per heavy atom. The quantitative estimate of drug-likeness (QED) is 0.889. The van der Waals surface area contributed by atoms with Gasteiger partial charge in [-0.3, -0.25) is 4.40 Å². The number of aryl methyl sites for hydroxylation is 1. The Balaban J connectivity index is 1.93. The molecule has 3 nitrogen and oxygen atoms in total. The maximum absolute atomic E-state index is 10.5. The van der Waals surface area contributed by atoms with Crippen LogP contribution in [0.25, 0.3) is 4.83 Å². The molecule has 1 saturated carbocycles. The molecule has 0 saturated heterocycles. The number of aliphatic hydroxyl groups excluding tert-OH is 1. The highest BCUT2D eigenvalue weighted by Gasteiger charge is 2.41. The third-order valence-electron chi connectivity index (χ3n) is 3.84. The lowest BCUT2D eigenvalue weighted by molar-refractivity contribution is -0.0173. The van der Waals surface area contributed by atoms with Crippen LogP contribution in [-0.4, -0.2) is 14.5 Å². The summed E-state index contributed by atoms with van der Waals surface area (Å²) in [6, 6.07) is 0. The van der Waals surface area contributed by atoms with Crippen LogP contribution in [0.5, 0.6) is 0 Å². The van der Waals surface area contributed by atoms with Crippen LogP contribution in [0, 0.1) is 18.3 Å². The predicted octanol–water partition coefficient (Wildman–Crippen LogP) is 3.17. The molecule has 1 N–H and O–H groups in total. The Kier molecular flexibility index (Phi) is 2.35. The minimum atomic E-state index is -0.342. The highest BCUT2D eigenvalue weighted by atomic mass is 32.1. The molecule has 1 fully saturated rings. The van der Waals surface area contributed by atoms with E-state index in [1.54, 1.807) is 17.7 Å². The molecule has 2 heterocycles. The molecule has 0 bridgehead atoms. The van der Waals surface area contributed by atoms with Gasteiger partial charge in [0, 0.05) is 4.88 Å². The van der Waals surface area contributed by atoms with Crippen molar-refractivity contribution in [3.63, 3.8) is 0 Å². The number of hydrogen-bond acceptors (Lipinski definition) is 3. The zero-order chi connectivity index (χ0) is 12.2. The van der Waals surface area contributed by atoms with Crippen LogP contribution < -0.4 is 0 Å². The molecule has 4 heteroatoms. The molecular formula is C13H18N2OS. The van der Waals surface area contributed by atoms with Crippen LogP contribution in [0.15, 0.2) is 12.5 Å². The van der Waals surface area contributed by atoms with Crippen molar-refractivity contribution in [2.75, 3.05) is 0 Å². The van der Waals surface area contributed by atoms with Crippen LogP contribution in [0.2, 0.25) is 0 Å². The summed E-state index contributed by atoms with van der Waals surface area (Å²) in [5.74, 6) is 0.406. The number of fused-ring (bicyclic) bond motifs is 1. The topological polar surface area (TPSA) is 37.5 Å². The number of aromatic nitrogens is 2. The van der Waals surface area contributed by atoms with E-state index in [1.165, 1.54) is 4.88 Å². The number of imidazole rings is 1. The van der Waals surface area contributed by atoms with Gasteiger partial charge in [0.05, 0.1) is 18.0 Å². The summed E-state index contributed by atoms with van der Waals surface area (Å²) in [4.78, 5) is 6.47. The van der Waals surface area contributed by atoms with Crippen LogP contribution >= 0.6 is 11.3 Å². The van der Waals surface area contributed by atoms with Crippen LogP contribution in [0.4, 0.5) is 0 Å². The van der Waals surface area contributed by atoms with Gasteiger partial charge in [-0.1, -0.05) is 13.8 Å². The molecule has 1 aliphatic carbocycles. The maximum atomic E-state index is 10.5. The van der Waals surface area contributed by atoms with E-state index >= 15 is 0 Å². The van der Waals surface area contributed by atoms with Crippen molar-refractivity contribution in [2.24, 2.45) is 11.3 Å². The number of rotatable bonds is 2. The van der Waals surface area contributed by atoms with Gasteiger partial charge in [-0.05, 0) is 31.1 Å². The Hall–Kier alpha value is -0.870. The number of nitrogens with zero attached hydrogens (tertiary/aromatic N) is 2. The normalized spacial score (nSPS) is 21.6. The second kappa shape index (κ2) is 3.56. The first-order valence-corrected chi connectivity index (χ1v) is 6.89. The van der Waals surface area contributed by atoms with Gasteiger partial charge < -0.3 is 5.11 Å². The first-order chi connectivity index (χ1) is 7.98. The van der Waals surface area contributed by atoms with E-state index in [-0.39, 0.29) is 6.10 Å². The van der Waals surface area contributed by atoms with Crippen molar-refractivity contribution < 1.29 is 5.11 Å². The van der Waals surface area contributed by atoms with E-state index in [9.17, 15) is 5.11 Å². The molecule has 0 spiro atoms. The van der Waals surface area contributed by atoms with Gasteiger partial charge in [0.25, 0.3) is 0 Å². The Bertz CT molecular complexity index is 547. The molecule has 92 valence electrons. The van der Waals surface area contributed by atoms with Crippen molar-refractivity contribution in [1.82, 2.24) is 9.38 Å². The summed E-state index contributed by atoms with van der Waals surface area (Å²) in [7, 11) is 0. The highest BCUT2D eigenvalue weighted by Crippen LogP contribution is 2.50. The van der Waals surface area contributed by atoms with E-state index in [0.29, 0.717) is 11.3 Å². The molecule has 17 heavy (non-hydrogen) atoms. The Morgan fingerprint density at radius 2 is 2.24 bits per heavy atom. The molecule has 0 radical (unpaired) electrons. The van der Waals surface area contributed by atoms with Crippen molar-refractivity contribution >= 4 is 16.2 Å². The second-order valence-corrected chi connectivity index (χ2v) is 7.16. The fraction of sp³-hybridized carbons (Fsp3) is 0.615. The zero-order valence-corrected chi connectivity index (χ0v) is 11.3. The molecular weight excluding hydrogens is 232 g/mol. The first-order valence-electron chi connectivity index (χ1n) is 6.07. The fourth-order valence-corrected chi connectivity index (χ4v) is 4.07. The molecule has 1 atom stereocenters.